The first-order valence-corrected chi connectivity index (χ1v) is 6.96. The second-order valence-electron chi connectivity index (χ2n) is 5.33. The summed E-state index contributed by atoms with van der Waals surface area (Å²) in [5, 5.41) is 2.67. The van der Waals surface area contributed by atoms with Crippen molar-refractivity contribution in [2.75, 3.05) is 11.1 Å². The highest BCUT2D eigenvalue weighted by Crippen LogP contribution is 2.16. The van der Waals surface area contributed by atoms with Crippen LogP contribution in [-0.4, -0.2) is 21.0 Å². The molecule has 0 amide bonds. The monoisotopic (exact) mass is 338 g/mol. The topological polar surface area (TPSA) is 99.1 Å². The Bertz CT molecular complexity index is 934. The maximum Gasteiger partial charge on any atom is 0.332 e. The number of hydrogen-bond donors (Lipinski definition) is 2. The third-order valence-corrected chi connectivity index (χ3v) is 3.65. The Kier molecular flexibility index (Phi) is 4.54. The molecule has 0 aliphatic carbocycles. The van der Waals surface area contributed by atoms with Crippen LogP contribution in [0.25, 0.3) is 0 Å². The Hall–Kier alpha value is -2.97. The predicted octanol–water partition coefficient (Wildman–Crippen LogP) is 0.628. The van der Waals surface area contributed by atoms with Crippen molar-refractivity contribution in [3.05, 3.63) is 56.2 Å². The number of hydrogen-bond acceptors (Lipinski definition) is 5. The molecule has 0 saturated heterocycles. The molecule has 0 fully saturated rings. The van der Waals surface area contributed by atoms with Gasteiger partial charge in [-0.15, -0.1) is 0 Å². The number of aromatic nitrogens is 2. The van der Waals surface area contributed by atoms with Crippen molar-refractivity contribution in [2.45, 2.75) is 13.0 Å². The fourth-order valence-corrected chi connectivity index (χ4v) is 2.21. The lowest BCUT2D eigenvalue weighted by Crippen LogP contribution is -2.43. The van der Waals surface area contributed by atoms with Crippen LogP contribution in [0, 0.1) is 11.6 Å². The normalized spacial score (nSPS) is 12.0. The first kappa shape index (κ1) is 17.4. The van der Waals surface area contributed by atoms with Crippen molar-refractivity contribution in [1.29, 1.82) is 0 Å². The number of carbonyl (C=O) groups is 1. The standard InChI is InChI=1S/C15H16F2N4O3/c1-7(19-8-4-5-9(16)10(17)6-8)12(22)11-13(18)20(2)15(24)21(3)14(11)23/h4-7,19H,18H2,1-3H3. The third kappa shape index (κ3) is 2.92. The molecule has 128 valence electrons. The Morgan fingerprint density at radius 1 is 1.17 bits per heavy atom. The molecule has 24 heavy (non-hydrogen) atoms. The second kappa shape index (κ2) is 6.26. The van der Waals surface area contributed by atoms with Crippen molar-refractivity contribution in [3.8, 4) is 0 Å². The molecule has 2 rings (SSSR count). The molecule has 1 atom stereocenters. The Morgan fingerprint density at radius 2 is 1.79 bits per heavy atom. The lowest BCUT2D eigenvalue weighted by molar-refractivity contribution is 0.0973. The van der Waals surface area contributed by atoms with Gasteiger partial charge in [0.2, 0.25) is 0 Å². The molecule has 0 spiro atoms. The van der Waals surface area contributed by atoms with Gasteiger partial charge in [-0.05, 0) is 19.1 Å². The highest BCUT2D eigenvalue weighted by atomic mass is 19.2. The van der Waals surface area contributed by atoms with E-state index < -0.39 is 34.7 Å². The smallest absolute Gasteiger partial charge is 0.332 e. The zero-order valence-electron chi connectivity index (χ0n) is 13.3. The number of Topliss-reactive ketones (excluding diaryl/α,β-unsaturated/α-hetero) is 1. The largest absolute Gasteiger partial charge is 0.384 e. The fraction of sp³-hybridized carbons (Fsp3) is 0.267. The maximum absolute atomic E-state index is 13.2. The lowest BCUT2D eigenvalue weighted by atomic mass is 10.1. The summed E-state index contributed by atoms with van der Waals surface area (Å²) in [5.74, 6) is -3.02. The highest BCUT2D eigenvalue weighted by Gasteiger charge is 2.24. The van der Waals surface area contributed by atoms with Gasteiger partial charge in [0.25, 0.3) is 5.56 Å². The lowest BCUT2D eigenvalue weighted by Gasteiger charge is -2.16. The van der Waals surface area contributed by atoms with Crippen molar-refractivity contribution < 1.29 is 13.6 Å². The first-order valence-electron chi connectivity index (χ1n) is 6.96. The molecule has 0 aliphatic heterocycles. The molecule has 2 aromatic rings. The summed E-state index contributed by atoms with van der Waals surface area (Å²) in [6.45, 7) is 1.44. The number of benzene rings is 1. The fourth-order valence-electron chi connectivity index (χ4n) is 2.21. The molecule has 7 nitrogen and oxygen atoms in total. The number of nitrogen functional groups attached to an aromatic ring is 1. The van der Waals surface area contributed by atoms with Crippen LogP contribution < -0.4 is 22.3 Å². The van der Waals surface area contributed by atoms with Crippen LogP contribution in [0.5, 0.6) is 0 Å². The van der Waals surface area contributed by atoms with E-state index in [9.17, 15) is 23.2 Å². The number of nitrogens with two attached hydrogens (primary N) is 1. The molecule has 3 N–H and O–H groups in total. The van der Waals surface area contributed by atoms with Gasteiger partial charge in [0.05, 0.1) is 6.04 Å². The second-order valence-corrected chi connectivity index (χ2v) is 5.33. The summed E-state index contributed by atoms with van der Waals surface area (Å²) in [4.78, 5) is 36.4. The average Bonchev–Trinajstić information content (AvgIpc) is 2.54. The molecule has 1 aromatic carbocycles. The molecular formula is C15H16F2N4O3. The minimum Gasteiger partial charge on any atom is -0.384 e. The number of rotatable bonds is 4. The number of nitrogens with one attached hydrogen (secondary N) is 1. The van der Waals surface area contributed by atoms with Crippen LogP contribution in [0.4, 0.5) is 20.3 Å². The minimum atomic E-state index is -1.07. The van der Waals surface area contributed by atoms with Crippen molar-refractivity contribution in [1.82, 2.24) is 9.13 Å². The number of halogens is 2. The third-order valence-electron chi connectivity index (χ3n) is 3.65. The molecule has 0 radical (unpaired) electrons. The number of nitrogens with zero attached hydrogens (tertiary/aromatic N) is 2. The van der Waals surface area contributed by atoms with Crippen molar-refractivity contribution in [2.24, 2.45) is 14.1 Å². The molecular weight excluding hydrogens is 322 g/mol. The van der Waals surface area contributed by atoms with E-state index in [1.807, 2.05) is 0 Å². The van der Waals surface area contributed by atoms with Gasteiger partial charge in [-0.1, -0.05) is 0 Å². The van der Waals surface area contributed by atoms with Crippen LogP contribution in [0.15, 0.2) is 27.8 Å². The summed E-state index contributed by atoms with van der Waals surface area (Å²) >= 11 is 0. The minimum absolute atomic E-state index is 0.162. The molecule has 1 aromatic heterocycles. The SMILES string of the molecule is CC(Nc1ccc(F)c(F)c1)C(=O)c1c(N)n(C)c(=O)n(C)c1=O. The van der Waals surface area contributed by atoms with Crippen LogP contribution in [-0.2, 0) is 14.1 Å². The summed E-state index contributed by atoms with van der Waals surface area (Å²) in [7, 11) is 2.57. The Morgan fingerprint density at radius 3 is 2.38 bits per heavy atom. The molecule has 1 unspecified atom stereocenters. The summed E-state index contributed by atoms with van der Waals surface area (Å²) in [6.07, 6.45) is 0. The average molecular weight is 338 g/mol. The van der Waals surface area contributed by atoms with Crippen LogP contribution >= 0.6 is 0 Å². The maximum atomic E-state index is 13.2. The van der Waals surface area contributed by atoms with Gasteiger partial charge in [-0.2, -0.15) is 0 Å². The van der Waals surface area contributed by atoms with E-state index in [4.69, 9.17) is 5.73 Å². The summed E-state index contributed by atoms with van der Waals surface area (Å²) in [5.41, 5.74) is 4.06. The van der Waals surface area contributed by atoms with Gasteiger partial charge < -0.3 is 11.1 Å². The van der Waals surface area contributed by atoms with Gasteiger partial charge in [0, 0.05) is 25.8 Å². The Balaban J connectivity index is 2.40. The molecule has 0 aliphatic rings. The molecule has 1 heterocycles. The van der Waals surface area contributed by atoms with E-state index in [1.165, 1.54) is 27.1 Å². The molecule has 0 saturated carbocycles. The van der Waals surface area contributed by atoms with Gasteiger partial charge >= 0.3 is 5.69 Å². The summed E-state index contributed by atoms with van der Waals surface area (Å²) in [6, 6.07) is 2.10. The van der Waals surface area contributed by atoms with Crippen LogP contribution in [0.1, 0.15) is 17.3 Å². The zero-order chi connectivity index (χ0) is 18.2. The molecule has 0 bridgehead atoms. The van der Waals surface area contributed by atoms with Crippen LogP contribution in [0.3, 0.4) is 0 Å². The van der Waals surface area contributed by atoms with Gasteiger partial charge in [-0.3, -0.25) is 18.7 Å². The van der Waals surface area contributed by atoms with E-state index in [0.717, 1.165) is 21.3 Å². The van der Waals surface area contributed by atoms with Crippen LogP contribution in [0.2, 0.25) is 0 Å². The number of ketones is 1. The number of carbonyl (C=O) groups excluding carboxylic acids is 1. The highest BCUT2D eigenvalue weighted by molar-refractivity contribution is 6.04. The zero-order valence-corrected chi connectivity index (χ0v) is 13.3. The quantitative estimate of drug-likeness (QED) is 0.797. The van der Waals surface area contributed by atoms with E-state index in [2.05, 4.69) is 5.32 Å². The predicted molar refractivity (Wildman–Crippen MR) is 85.1 cm³/mol. The number of anilines is 2. The van der Waals surface area contributed by atoms with E-state index >= 15 is 0 Å². The molecule has 9 heteroatoms. The first-order chi connectivity index (χ1) is 11.1. The van der Waals surface area contributed by atoms with E-state index in [0.29, 0.717) is 0 Å². The van der Waals surface area contributed by atoms with Crippen molar-refractivity contribution in [3.63, 3.8) is 0 Å². The van der Waals surface area contributed by atoms with E-state index in [-0.39, 0.29) is 17.1 Å². The van der Waals surface area contributed by atoms with Gasteiger partial charge in [-0.25, -0.2) is 13.6 Å². The Labute approximate surface area is 135 Å². The van der Waals surface area contributed by atoms with Gasteiger partial charge in [0.1, 0.15) is 11.4 Å². The van der Waals surface area contributed by atoms with Crippen molar-refractivity contribution >= 4 is 17.3 Å². The summed E-state index contributed by atoms with van der Waals surface area (Å²) < 4.78 is 27.9. The van der Waals surface area contributed by atoms with E-state index in [1.54, 1.807) is 0 Å². The van der Waals surface area contributed by atoms with Gasteiger partial charge in [0.15, 0.2) is 17.4 Å².